The van der Waals surface area contributed by atoms with E-state index in [1.165, 1.54) is 0 Å². The number of ether oxygens (including phenoxy) is 2. The SMILES string of the molecule is CCOc1cccc([C@@H]2CC(c3ccc(OC)cc3)=N[C@H](C(C)C)N2)c1O. The quantitative estimate of drug-likeness (QED) is 0.798. The Hall–Kier alpha value is -2.53. The molecule has 1 heterocycles. The summed E-state index contributed by atoms with van der Waals surface area (Å²) in [5.74, 6) is 1.88. The first-order valence-corrected chi connectivity index (χ1v) is 9.45. The Bertz CT molecular complexity index is 800. The van der Waals surface area contributed by atoms with Crippen molar-refractivity contribution in [2.24, 2.45) is 10.9 Å². The summed E-state index contributed by atoms with van der Waals surface area (Å²) in [4.78, 5) is 4.92. The molecule has 0 aromatic heterocycles. The molecule has 0 aliphatic carbocycles. The van der Waals surface area contributed by atoms with Crippen LogP contribution in [0.2, 0.25) is 0 Å². The summed E-state index contributed by atoms with van der Waals surface area (Å²) in [7, 11) is 1.66. The standard InChI is InChI=1S/C22H28N2O3/c1-5-27-20-8-6-7-17(21(20)25)19-13-18(23-22(24-19)14(2)3)15-9-11-16(26-4)12-10-15/h6-12,14,19,22,24-25H,5,13H2,1-4H3/t19-,22-/m0/s1. The average Bonchev–Trinajstić information content (AvgIpc) is 2.69. The second-order valence-electron chi connectivity index (χ2n) is 7.04. The lowest BCUT2D eigenvalue weighted by Crippen LogP contribution is -2.41. The highest BCUT2D eigenvalue weighted by molar-refractivity contribution is 6.01. The van der Waals surface area contributed by atoms with Crippen LogP contribution in [0.4, 0.5) is 0 Å². The van der Waals surface area contributed by atoms with E-state index in [0.29, 0.717) is 24.7 Å². The van der Waals surface area contributed by atoms with Gasteiger partial charge in [-0.15, -0.1) is 0 Å². The van der Waals surface area contributed by atoms with Gasteiger partial charge in [0, 0.05) is 23.7 Å². The van der Waals surface area contributed by atoms with Crippen molar-refractivity contribution in [2.75, 3.05) is 13.7 Å². The Morgan fingerprint density at radius 1 is 1.19 bits per heavy atom. The highest BCUT2D eigenvalue weighted by Crippen LogP contribution is 2.37. The lowest BCUT2D eigenvalue weighted by atomic mass is 9.92. The Labute approximate surface area is 161 Å². The van der Waals surface area contributed by atoms with Crippen LogP contribution in [0.5, 0.6) is 17.2 Å². The van der Waals surface area contributed by atoms with E-state index in [2.05, 4.69) is 19.2 Å². The molecule has 0 saturated carbocycles. The molecule has 3 rings (SSSR count). The van der Waals surface area contributed by atoms with Gasteiger partial charge in [-0.05, 0) is 48.7 Å². The van der Waals surface area contributed by atoms with E-state index in [0.717, 1.165) is 22.6 Å². The van der Waals surface area contributed by atoms with E-state index < -0.39 is 0 Å². The molecule has 1 aliphatic heterocycles. The lowest BCUT2D eigenvalue weighted by Gasteiger charge is -2.32. The number of nitrogens with zero attached hydrogens (tertiary/aromatic N) is 1. The maximum atomic E-state index is 10.7. The van der Waals surface area contributed by atoms with Crippen molar-refractivity contribution in [3.8, 4) is 17.2 Å². The number of nitrogens with one attached hydrogen (secondary N) is 1. The molecule has 27 heavy (non-hydrogen) atoms. The number of phenolic OH excluding ortho intramolecular Hbond substituents is 1. The molecule has 0 bridgehead atoms. The van der Waals surface area contributed by atoms with Crippen molar-refractivity contribution in [3.63, 3.8) is 0 Å². The molecule has 144 valence electrons. The van der Waals surface area contributed by atoms with Gasteiger partial charge in [-0.2, -0.15) is 0 Å². The average molecular weight is 368 g/mol. The maximum absolute atomic E-state index is 10.7. The molecule has 1 aliphatic rings. The molecule has 5 heteroatoms. The molecule has 0 saturated heterocycles. The van der Waals surface area contributed by atoms with E-state index in [4.69, 9.17) is 14.5 Å². The van der Waals surface area contributed by atoms with Gasteiger partial charge in [0.25, 0.3) is 0 Å². The number of hydrogen-bond donors (Lipinski definition) is 2. The van der Waals surface area contributed by atoms with Gasteiger partial charge in [-0.25, -0.2) is 0 Å². The zero-order chi connectivity index (χ0) is 19.4. The molecule has 0 amide bonds. The van der Waals surface area contributed by atoms with Crippen LogP contribution in [0.25, 0.3) is 0 Å². The molecular formula is C22H28N2O3. The first kappa shape index (κ1) is 19.2. The summed E-state index contributed by atoms with van der Waals surface area (Å²) < 4.78 is 10.8. The van der Waals surface area contributed by atoms with Crippen LogP contribution in [0.3, 0.4) is 0 Å². The van der Waals surface area contributed by atoms with Crippen LogP contribution in [0.15, 0.2) is 47.5 Å². The number of para-hydroxylation sites is 1. The third kappa shape index (κ3) is 4.25. The van der Waals surface area contributed by atoms with E-state index in [1.807, 2.05) is 43.3 Å². The third-order valence-corrected chi connectivity index (χ3v) is 4.82. The number of aliphatic imine (C=N–C) groups is 1. The molecule has 0 fully saturated rings. The van der Waals surface area contributed by atoms with Gasteiger partial charge in [0.1, 0.15) is 11.9 Å². The number of benzene rings is 2. The van der Waals surface area contributed by atoms with Crippen molar-refractivity contribution in [1.29, 1.82) is 0 Å². The van der Waals surface area contributed by atoms with Crippen molar-refractivity contribution < 1.29 is 14.6 Å². The number of aromatic hydroxyl groups is 1. The van der Waals surface area contributed by atoms with Gasteiger partial charge in [0.2, 0.25) is 0 Å². The Morgan fingerprint density at radius 3 is 2.56 bits per heavy atom. The molecule has 2 N–H and O–H groups in total. The van der Waals surface area contributed by atoms with Crippen LogP contribution >= 0.6 is 0 Å². The van der Waals surface area contributed by atoms with Gasteiger partial charge < -0.3 is 14.6 Å². The van der Waals surface area contributed by atoms with Gasteiger partial charge in [-0.3, -0.25) is 10.3 Å². The topological polar surface area (TPSA) is 63.1 Å². The molecule has 5 nitrogen and oxygen atoms in total. The first-order valence-electron chi connectivity index (χ1n) is 9.45. The summed E-state index contributed by atoms with van der Waals surface area (Å²) in [6, 6.07) is 13.6. The van der Waals surface area contributed by atoms with E-state index >= 15 is 0 Å². The zero-order valence-electron chi connectivity index (χ0n) is 16.4. The predicted octanol–water partition coefficient (Wildman–Crippen LogP) is 4.31. The number of methoxy groups -OCH3 is 1. The highest BCUT2D eigenvalue weighted by atomic mass is 16.5. The van der Waals surface area contributed by atoms with E-state index in [-0.39, 0.29) is 18.0 Å². The summed E-state index contributed by atoms with van der Waals surface area (Å²) in [5, 5.41) is 14.3. The van der Waals surface area contributed by atoms with Crippen LogP contribution < -0.4 is 14.8 Å². The first-order chi connectivity index (χ1) is 13.0. The minimum Gasteiger partial charge on any atom is -0.504 e. The summed E-state index contributed by atoms with van der Waals surface area (Å²) in [5.41, 5.74) is 2.95. The summed E-state index contributed by atoms with van der Waals surface area (Å²) in [6.45, 7) is 6.72. The van der Waals surface area contributed by atoms with Crippen LogP contribution in [-0.4, -0.2) is 30.7 Å². The number of phenols is 1. The Balaban J connectivity index is 1.94. The largest absolute Gasteiger partial charge is 0.504 e. The zero-order valence-corrected chi connectivity index (χ0v) is 16.4. The Kier molecular flexibility index (Phi) is 6.01. The van der Waals surface area contributed by atoms with E-state index in [1.54, 1.807) is 13.2 Å². The molecule has 0 radical (unpaired) electrons. The monoisotopic (exact) mass is 368 g/mol. The van der Waals surface area contributed by atoms with Gasteiger partial charge in [0.05, 0.1) is 13.7 Å². The molecule has 2 atom stereocenters. The number of hydrogen-bond acceptors (Lipinski definition) is 5. The molecular weight excluding hydrogens is 340 g/mol. The molecule has 2 aromatic rings. The minimum absolute atomic E-state index is 0.0176. The van der Waals surface area contributed by atoms with E-state index in [9.17, 15) is 5.11 Å². The lowest BCUT2D eigenvalue weighted by molar-refractivity contribution is 0.309. The fourth-order valence-corrected chi connectivity index (χ4v) is 3.33. The second-order valence-corrected chi connectivity index (χ2v) is 7.04. The normalized spacial score (nSPS) is 19.7. The number of rotatable bonds is 6. The van der Waals surface area contributed by atoms with Crippen LogP contribution in [0.1, 0.15) is 44.4 Å². The molecule has 0 unspecified atom stereocenters. The van der Waals surface area contributed by atoms with Crippen molar-refractivity contribution in [3.05, 3.63) is 53.6 Å². The fraction of sp³-hybridized carbons (Fsp3) is 0.409. The fourth-order valence-electron chi connectivity index (χ4n) is 3.33. The maximum Gasteiger partial charge on any atom is 0.162 e. The Morgan fingerprint density at radius 2 is 1.93 bits per heavy atom. The van der Waals surface area contributed by atoms with Crippen molar-refractivity contribution in [2.45, 2.75) is 39.4 Å². The summed E-state index contributed by atoms with van der Waals surface area (Å²) >= 11 is 0. The molecule has 0 spiro atoms. The third-order valence-electron chi connectivity index (χ3n) is 4.82. The molecule has 2 aromatic carbocycles. The smallest absolute Gasteiger partial charge is 0.162 e. The minimum atomic E-state index is -0.0348. The van der Waals surface area contributed by atoms with Gasteiger partial charge in [0.15, 0.2) is 11.5 Å². The van der Waals surface area contributed by atoms with Crippen LogP contribution in [0, 0.1) is 5.92 Å². The van der Waals surface area contributed by atoms with Gasteiger partial charge >= 0.3 is 0 Å². The highest BCUT2D eigenvalue weighted by Gasteiger charge is 2.29. The summed E-state index contributed by atoms with van der Waals surface area (Å²) in [6.07, 6.45) is 0.676. The predicted molar refractivity (Wildman–Crippen MR) is 108 cm³/mol. The van der Waals surface area contributed by atoms with Gasteiger partial charge in [-0.1, -0.05) is 26.0 Å². The second kappa shape index (κ2) is 8.44. The van der Waals surface area contributed by atoms with Crippen molar-refractivity contribution in [1.82, 2.24) is 5.32 Å². The van der Waals surface area contributed by atoms with Crippen molar-refractivity contribution >= 4 is 5.71 Å². The van der Waals surface area contributed by atoms with Crippen LogP contribution in [-0.2, 0) is 0 Å².